The van der Waals surface area contributed by atoms with Crippen molar-refractivity contribution in [3.8, 4) is 5.75 Å². The van der Waals surface area contributed by atoms with Crippen molar-refractivity contribution in [2.45, 2.75) is 29.3 Å². The van der Waals surface area contributed by atoms with Crippen molar-refractivity contribution in [3.05, 3.63) is 72.8 Å². The van der Waals surface area contributed by atoms with E-state index in [4.69, 9.17) is 9.47 Å². The van der Waals surface area contributed by atoms with Crippen LogP contribution in [0.4, 0.5) is 0 Å². The highest BCUT2D eigenvalue weighted by atomic mass is 33.1. The average molecular weight is 473 g/mol. The predicted molar refractivity (Wildman–Crippen MR) is 125 cm³/mol. The number of para-hydroxylation sites is 1. The second-order valence-electron chi connectivity index (χ2n) is 7.05. The van der Waals surface area contributed by atoms with Crippen LogP contribution in [0.25, 0.3) is 0 Å². The van der Waals surface area contributed by atoms with Crippen LogP contribution in [-0.2, 0) is 19.1 Å². The van der Waals surface area contributed by atoms with Crippen molar-refractivity contribution in [1.29, 1.82) is 0 Å². The number of hydrogen-bond donors (Lipinski definition) is 1. The molecule has 0 aromatic heterocycles. The molecule has 2 amide bonds. The minimum absolute atomic E-state index is 0.224. The maximum atomic E-state index is 13.0. The highest BCUT2D eigenvalue weighted by Crippen LogP contribution is 2.43. The lowest BCUT2D eigenvalue weighted by Gasteiger charge is -2.49. The molecule has 2 aromatic carbocycles. The van der Waals surface area contributed by atoms with Gasteiger partial charge in [-0.25, -0.2) is 4.79 Å². The lowest BCUT2D eigenvalue weighted by atomic mass is 9.99. The van der Waals surface area contributed by atoms with Gasteiger partial charge < -0.3 is 19.7 Å². The Morgan fingerprint density at radius 2 is 1.75 bits per heavy atom. The molecule has 168 valence electrons. The van der Waals surface area contributed by atoms with E-state index in [2.05, 4.69) is 11.9 Å². The minimum Gasteiger partial charge on any atom is -0.484 e. The van der Waals surface area contributed by atoms with Gasteiger partial charge in [-0.05, 0) is 36.8 Å². The van der Waals surface area contributed by atoms with E-state index in [1.54, 1.807) is 31.2 Å². The highest BCUT2D eigenvalue weighted by Gasteiger charge is 2.54. The summed E-state index contributed by atoms with van der Waals surface area (Å²) in [5, 5.41) is 2.24. The standard InChI is InChI=1S/C23H24N2O5S2/c1-15(2)20(23(28)29-3)25-21(27)19(22(25)32-31-17-12-8-5-9-13-17)24-18(26)14-30-16-10-6-4-7-11-16/h4-13,19-20,22H,1,14H2,2-3H3,(H,24,26). The molecule has 9 heteroatoms. The largest absolute Gasteiger partial charge is 0.484 e. The molecular weight excluding hydrogens is 448 g/mol. The van der Waals surface area contributed by atoms with Gasteiger partial charge in [0.1, 0.15) is 17.2 Å². The van der Waals surface area contributed by atoms with Crippen LogP contribution < -0.4 is 10.1 Å². The van der Waals surface area contributed by atoms with Crippen LogP contribution in [0.3, 0.4) is 0 Å². The maximum Gasteiger partial charge on any atom is 0.332 e. The first-order chi connectivity index (χ1) is 15.4. The fourth-order valence-electron chi connectivity index (χ4n) is 3.12. The van der Waals surface area contributed by atoms with Gasteiger partial charge in [-0.3, -0.25) is 9.59 Å². The van der Waals surface area contributed by atoms with Crippen LogP contribution in [0.5, 0.6) is 5.75 Å². The molecule has 1 heterocycles. The number of amides is 2. The van der Waals surface area contributed by atoms with Crippen LogP contribution in [0.1, 0.15) is 6.92 Å². The van der Waals surface area contributed by atoms with Crippen molar-refractivity contribution in [3.63, 3.8) is 0 Å². The minimum atomic E-state index is -0.921. The van der Waals surface area contributed by atoms with E-state index in [0.29, 0.717) is 11.3 Å². The Morgan fingerprint density at radius 3 is 2.34 bits per heavy atom. The number of nitrogens with zero attached hydrogens (tertiary/aromatic N) is 1. The van der Waals surface area contributed by atoms with Gasteiger partial charge in [-0.15, -0.1) is 0 Å². The molecule has 2 aromatic rings. The van der Waals surface area contributed by atoms with E-state index >= 15 is 0 Å². The van der Waals surface area contributed by atoms with Crippen molar-refractivity contribution >= 4 is 39.4 Å². The van der Waals surface area contributed by atoms with Crippen LogP contribution in [-0.4, -0.2) is 53.9 Å². The molecule has 0 saturated carbocycles. The van der Waals surface area contributed by atoms with Gasteiger partial charge in [-0.2, -0.15) is 0 Å². The summed E-state index contributed by atoms with van der Waals surface area (Å²) < 4.78 is 10.3. The lowest BCUT2D eigenvalue weighted by molar-refractivity contribution is -0.161. The van der Waals surface area contributed by atoms with Gasteiger partial charge in [0, 0.05) is 4.90 Å². The molecule has 0 aliphatic carbocycles. The smallest absolute Gasteiger partial charge is 0.332 e. The van der Waals surface area contributed by atoms with E-state index in [1.165, 1.54) is 33.6 Å². The lowest BCUT2D eigenvalue weighted by Crippen LogP contribution is -2.73. The van der Waals surface area contributed by atoms with E-state index in [0.717, 1.165) is 4.90 Å². The van der Waals surface area contributed by atoms with Crippen LogP contribution in [0.15, 0.2) is 77.7 Å². The van der Waals surface area contributed by atoms with Gasteiger partial charge in [0.25, 0.3) is 5.91 Å². The number of benzene rings is 2. The van der Waals surface area contributed by atoms with Crippen LogP contribution in [0.2, 0.25) is 0 Å². The number of likely N-dealkylation sites (tertiary alicyclic amines) is 1. The molecule has 1 aliphatic heterocycles. The topological polar surface area (TPSA) is 84.9 Å². The number of methoxy groups -OCH3 is 1. The maximum absolute atomic E-state index is 13.0. The van der Waals surface area contributed by atoms with E-state index in [9.17, 15) is 14.4 Å². The monoisotopic (exact) mass is 472 g/mol. The van der Waals surface area contributed by atoms with Crippen molar-refractivity contribution < 1.29 is 23.9 Å². The van der Waals surface area contributed by atoms with Gasteiger partial charge in [-0.1, -0.05) is 64.6 Å². The predicted octanol–water partition coefficient (Wildman–Crippen LogP) is 3.28. The summed E-state index contributed by atoms with van der Waals surface area (Å²) in [6.07, 6.45) is 0. The molecule has 7 nitrogen and oxygen atoms in total. The molecule has 0 bridgehead atoms. The van der Waals surface area contributed by atoms with Crippen molar-refractivity contribution in [1.82, 2.24) is 10.2 Å². The highest BCUT2D eigenvalue weighted by molar-refractivity contribution is 8.77. The van der Waals surface area contributed by atoms with Gasteiger partial charge in [0.15, 0.2) is 12.6 Å². The molecule has 3 atom stereocenters. The summed E-state index contributed by atoms with van der Waals surface area (Å²) in [5.74, 6) is -0.809. The summed E-state index contributed by atoms with van der Waals surface area (Å²) in [6, 6.07) is 16.9. The fraction of sp³-hybridized carbons (Fsp3) is 0.261. The molecule has 0 spiro atoms. The zero-order valence-corrected chi connectivity index (χ0v) is 19.4. The van der Waals surface area contributed by atoms with E-state index < -0.39 is 29.3 Å². The summed E-state index contributed by atoms with van der Waals surface area (Å²) in [7, 11) is 4.11. The summed E-state index contributed by atoms with van der Waals surface area (Å²) in [6.45, 7) is 5.29. The fourth-order valence-corrected chi connectivity index (χ4v) is 5.79. The molecule has 32 heavy (non-hydrogen) atoms. The molecule has 0 radical (unpaired) electrons. The molecule has 1 fully saturated rings. The number of nitrogens with one attached hydrogen (secondary N) is 1. The Balaban J connectivity index is 1.71. The SMILES string of the molecule is C=C(C)C(C(=O)OC)N1C(=O)C(NC(=O)COc2ccccc2)C1SSc1ccccc1. The molecular formula is C23H24N2O5S2. The van der Waals surface area contributed by atoms with E-state index in [-0.39, 0.29) is 12.5 Å². The van der Waals surface area contributed by atoms with Gasteiger partial charge >= 0.3 is 5.97 Å². The first-order valence-electron chi connectivity index (χ1n) is 9.83. The number of hydrogen-bond acceptors (Lipinski definition) is 7. The molecule has 1 N–H and O–H groups in total. The second-order valence-corrected chi connectivity index (χ2v) is 9.44. The molecule has 1 aliphatic rings. The van der Waals surface area contributed by atoms with Crippen LogP contribution in [0, 0.1) is 0 Å². The Labute approximate surface area is 194 Å². The second kappa shape index (κ2) is 11.1. The molecule has 3 rings (SSSR count). The third kappa shape index (κ3) is 5.66. The number of β-lactam (4-membered cyclic amide) rings is 1. The van der Waals surface area contributed by atoms with Crippen molar-refractivity contribution in [2.75, 3.05) is 13.7 Å². The zero-order valence-electron chi connectivity index (χ0n) is 17.7. The Hall–Kier alpha value is -2.91. The summed E-state index contributed by atoms with van der Waals surface area (Å²) in [4.78, 5) is 40.2. The van der Waals surface area contributed by atoms with Gasteiger partial charge in [0.05, 0.1) is 7.11 Å². The summed E-state index contributed by atoms with van der Waals surface area (Å²) in [5.41, 5.74) is 0.484. The number of rotatable bonds is 10. The third-order valence-corrected chi connectivity index (χ3v) is 7.38. The average Bonchev–Trinajstić information content (AvgIpc) is 2.81. The third-order valence-electron chi connectivity index (χ3n) is 4.67. The first-order valence-corrected chi connectivity index (χ1v) is 12.0. The Kier molecular flexibility index (Phi) is 8.24. The Morgan fingerprint density at radius 1 is 1.12 bits per heavy atom. The normalized spacial score (nSPS) is 18.3. The number of carbonyl (C=O) groups is 3. The molecule has 3 unspecified atom stereocenters. The van der Waals surface area contributed by atoms with Crippen LogP contribution >= 0.6 is 21.6 Å². The van der Waals surface area contributed by atoms with Gasteiger partial charge in [0.2, 0.25) is 5.91 Å². The van der Waals surface area contributed by atoms with E-state index in [1.807, 2.05) is 36.4 Å². The quantitative estimate of drug-likeness (QED) is 0.246. The van der Waals surface area contributed by atoms with Crippen molar-refractivity contribution in [2.24, 2.45) is 0 Å². The Bertz CT molecular complexity index is 971. The number of carbonyl (C=O) groups excluding carboxylic acids is 3. The molecule has 1 saturated heterocycles. The summed E-state index contributed by atoms with van der Waals surface area (Å²) >= 11 is 0. The zero-order chi connectivity index (χ0) is 23.1. The number of ether oxygens (including phenoxy) is 2. The first kappa shape index (κ1) is 23.7. The number of esters is 1.